The maximum absolute atomic E-state index is 12.5. The highest BCUT2D eigenvalue weighted by molar-refractivity contribution is 7.14. The molecule has 1 atom stereocenters. The number of thiophene rings is 1. The van der Waals surface area contributed by atoms with Gasteiger partial charge in [-0.25, -0.2) is 4.79 Å². The van der Waals surface area contributed by atoms with E-state index in [0.29, 0.717) is 24.4 Å². The van der Waals surface area contributed by atoms with Crippen molar-refractivity contribution in [3.8, 4) is 0 Å². The summed E-state index contributed by atoms with van der Waals surface area (Å²) in [5.41, 5.74) is 0. The van der Waals surface area contributed by atoms with E-state index >= 15 is 0 Å². The Labute approximate surface area is 133 Å². The van der Waals surface area contributed by atoms with Crippen molar-refractivity contribution in [3.63, 3.8) is 0 Å². The van der Waals surface area contributed by atoms with Crippen LogP contribution in [0.1, 0.15) is 30.5 Å². The van der Waals surface area contributed by atoms with Crippen molar-refractivity contribution in [1.82, 2.24) is 15.1 Å². The molecule has 23 heavy (non-hydrogen) atoms. The zero-order valence-electron chi connectivity index (χ0n) is 11.8. The smallest absolute Gasteiger partial charge is 0.417 e. The minimum atomic E-state index is -4.66. The van der Waals surface area contributed by atoms with Crippen LogP contribution in [-0.2, 0) is 6.18 Å². The predicted molar refractivity (Wildman–Crippen MR) is 76.2 cm³/mol. The molecular weight excluding hydrogens is 333 g/mol. The van der Waals surface area contributed by atoms with Gasteiger partial charge in [-0.05, 0) is 30.4 Å². The largest absolute Gasteiger partial charge is 0.470 e. The summed E-state index contributed by atoms with van der Waals surface area (Å²) in [4.78, 5) is 13.7. The summed E-state index contributed by atoms with van der Waals surface area (Å²) in [6, 6.07) is 3.31. The number of carbonyl (C=O) groups is 1. The molecule has 124 valence electrons. The number of hydrogen-bond acceptors (Lipinski definition) is 5. The van der Waals surface area contributed by atoms with E-state index in [1.54, 1.807) is 11.0 Å². The van der Waals surface area contributed by atoms with Gasteiger partial charge in [0.15, 0.2) is 0 Å². The Morgan fingerprint density at radius 1 is 1.43 bits per heavy atom. The third kappa shape index (κ3) is 3.63. The van der Waals surface area contributed by atoms with Crippen molar-refractivity contribution in [1.29, 1.82) is 0 Å². The predicted octanol–water partition coefficient (Wildman–Crippen LogP) is 3.56. The van der Waals surface area contributed by atoms with E-state index in [1.165, 1.54) is 11.3 Å². The Morgan fingerprint density at radius 2 is 2.26 bits per heavy atom. The number of carbonyl (C=O) groups excluding carboxylic acids is 1. The van der Waals surface area contributed by atoms with Crippen molar-refractivity contribution >= 4 is 22.4 Å². The van der Waals surface area contributed by atoms with Crippen LogP contribution in [0.4, 0.5) is 23.0 Å². The molecule has 3 rings (SSSR count). The number of anilines is 1. The summed E-state index contributed by atoms with van der Waals surface area (Å²) in [5.74, 6) is -1.82. The lowest BCUT2D eigenvalue weighted by Gasteiger charge is -2.30. The summed E-state index contributed by atoms with van der Waals surface area (Å²) in [5, 5.41) is 11.8. The van der Waals surface area contributed by atoms with Crippen molar-refractivity contribution in [3.05, 3.63) is 29.3 Å². The number of halogens is 3. The van der Waals surface area contributed by atoms with Gasteiger partial charge >= 0.3 is 18.1 Å². The first kappa shape index (κ1) is 15.8. The van der Waals surface area contributed by atoms with Gasteiger partial charge in [0.05, 0.1) is 10.9 Å². The molecule has 0 aliphatic carbocycles. The van der Waals surface area contributed by atoms with Crippen LogP contribution in [0.5, 0.6) is 0 Å². The molecule has 0 radical (unpaired) electrons. The van der Waals surface area contributed by atoms with E-state index in [0.717, 1.165) is 0 Å². The van der Waals surface area contributed by atoms with Crippen LogP contribution in [0, 0.1) is 0 Å². The molecular formula is C13H13F3N4O2S. The second kappa shape index (κ2) is 6.19. The highest BCUT2D eigenvalue weighted by atomic mass is 32.1. The molecule has 0 bridgehead atoms. The lowest BCUT2D eigenvalue weighted by molar-refractivity contribution is -0.157. The van der Waals surface area contributed by atoms with Crippen LogP contribution in [0.15, 0.2) is 21.9 Å². The first-order chi connectivity index (χ1) is 10.9. The van der Waals surface area contributed by atoms with Gasteiger partial charge < -0.3 is 9.32 Å². The molecule has 6 nitrogen and oxygen atoms in total. The Bertz CT molecular complexity index is 671. The van der Waals surface area contributed by atoms with Crippen LogP contribution in [-0.4, -0.2) is 34.2 Å². The highest BCUT2D eigenvalue weighted by Crippen LogP contribution is 2.32. The van der Waals surface area contributed by atoms with Gasteiger partial charge in [-0.3, -0.25) is 5.32 Å². The Morgan fingerprint density at radius 3 is 2.91 bits per heavy atom. The van der Waals surface area contributed by atoms with Crippen LogP contribution in [0.25, 0.3) is 0 Å². The molecule has 2 aromatic heterocycles. The van der Waals surface area contributed by atoms with Crippen LogP contribution < -0.4 is 5.32 Å². The molecule has 1 N–H and O–H groups in total. The minimum Gasteiger partial charge on any atom is -0.417 e. The number of alkyl halides is 3. The van der Waals surface area contributed by atoms with Crippen LogP contribution >= 0.6 is 11.3 Å². The number of amides is 2. The van der Waals surface area contributed by atoms with Gasteiger partial charge in [0.1, 0.15) is 0 Å². The molecule has 3 heterocycles. The minimum absolute atomic E-state index is 0.0778. The zero-order valence-corrected chi connectivity index (χ0v) is 12.7. The summed E-state index contributed by atoms with van der Waals surface area (Å²) >= 11 is 1.39. The fourth-order valence-electron chi connectivity index (χ4n) is 2.41. The quantitative estimate of drug-likeness (QED) is 0.902. The van der Waals surface area contributed by atoms with Gasteiger partial charge in [0.2, 0.25) is 5.89 Å². The highest BCUT2D eigenvalue weighted by Gasteiger charge is 2.39. The molecule has 0 spiro atoms. The van der Waals surface area contributed by atoms with Gasteiger partial charge in [-0.1, -0.05) is 0 Å². The van der Waals surface area contributed by atoms with Gasteiger partial charge in [-0.15, -0.1) is 21.5 Å². The third-order valence-corrected chi connectivity index (χ3v) is 4.28. The number of rotatable bonds is 2. The SMILES string of the molecule is O=C(Nc1cccs1)N1CCCC(c2nnc(C(F)(F)F)o2)C1. The maximum Gasteiger partial charge on any atom is 0.470 e. The fraction of sp³-hybridized carbons (Fsp3) is 0.462. The van der Waals surface area contributed by atoms with Gasteiger partial charge in [0.25, 0.3) is 0 Å². The first-order valence-corrected chi connectivity index (χ1v) is 7.81. The van der Waals surface area contributed by atoms with Crippen LogP contribution in [0.2, 0.25) is 0 Å². The molecule has 1 aliphatic heterocycles. The maximum atomic E-state index is 12.5. The van der Waals surface area contributed by atoms with Crippen molar-refractivity contribution < 1.29 is 22.4 Å². The fourth-order valence-corrected chi connectivity index (χ4v) is 3.02. The molecule has 0 saturated carbocycles. The zero-order chi connectivity index (χ0) is 16.4. The van der Waals surface area contributed by atoms with E-state index in [4.69, 9.17) is 4.42 Å². The molecule has 2 amide bonds. The van der Waals surface area contributed by atoms with E-state index in [1.807, 2.05) is 11.4 Å². The monoisotopic (exact) mass is 346 g/mol. The Kier molecular flexibility index (Phi) is 4.24. The van der Waals surface area contributed by atoms with Gasteiger partial charge in [-0.2, -0.15) is 13.2 Å². The van der Waals surface area contributed by atoms with Crippen molar-refractivity contribution in [2.45, 2.75) is 24.9 Å². The van der Waals surface area contributed by atoms with Crippen molar-refractivity contribution in [2.75, 3.05) is 18.4 Å². The second-order valence-corrected chi connectivity index (χ2v) is 6.08. The summed E-state index contributed by atoms with van der Waals surface area (Å²) < 4.78 is 42.3. The average Bonchev–Trinajstić information content (AvgIpc) is 3.18. The van der Waals surface area contributed by atoms with E-state index in [-0.39, 0.29) is 24.4 Å². The number of urea groups is 1. The molecule has 1 fully saturated rings. The standard InChI is InChI=1S/C13H13F3N4O2S/c14-13(15,16)11-19-18-10(22-11)8-3-1-5-20(7-8)12(21)17-9-4-2-6-23-9/h2,4,6,8H,1,3,5,7H2,(H,17,21). The molecule has 10 heteroatoms. The molecule has 1 aliphatic rings. The summed E-state index contributed by atoms with van der Waals surface area (Å²) in [6.45, 7) is 0.782. The van der Waals surface area contributed by atoms with Crippen LogP contribution in [0.3, 0.4) is 0 Å². The summed E-state index contributed by atoms with van der Waals surface area (Å²) in [7, 11) is 0. The number of hydrogen-bond donors (Lipinski definition) is 1. The number of nitrogens with one attached hydrogen (secondary N) is 1. The Balaban J connectivity index is 1.66. The normalized spacial score (nSPS) is 18.9. The van der Waals surface area contributed by atoms with Crippen molar-refractivity contribution in [2.24, 2.45) is 0 Å². The second-order valence-electron chi connectivity index (χ2n) is 5.14. The molecule has 2 aromatic rings. The lowest BCUT2D eigenvalue weighted by atomic mass is 9.98. The van der Waals surface area contributed by atoms with E-state index < -0.39 is 12.1 Å². The van der Waals surface area contributed by atoms with E-state index in [9.17, 15) is 18.0 Å². The Hall–Kier alpha value is -2.10. The number of aromatic nitrogens is 2. The number of piperidine rings is 1. The number of nitrogens with zero attached hydrogens (tertiary/aromatic N) is 3. The van der Waals surface area contributed by atoms with E-state index in [2.05, 4.69) is 15.5 Å². The third-order valence-electron chi connectivity index (χ3n) is 3.49. The molecule has 0 aromatic carbocycles. The average molecular weight is 346 g/mol. The first-order valence-electron chi connectivity index (χ1n) is 6.93. The molecule has 1 unspecified atom stereocenters. The topological polar surface area (TPSA) is 71.3 Å². The van der Waals surface area contributed by atoms with Gasteiger partial charge in [0, 0.05) is 13.1 Å². The number of likely N-dealkylation sites (tertiary alicyclic amines) is 1. The summed E-state index contributed by atoms with van der Waals surface area (Å²) in [6.07, 6.45) is -3.40. The lowest BCUT2D eigenvalue weighted by Crippen LogP contribution is -2.41. The molecule has 1 saturated heterocycles.